The third-order valence-corrected chi connectivity index (χ3v) is 4.65. The Labute approximate surface area is 168 Å². The van der Waals surface area contributed by atoms with Gasteiger partial charge in [0, 0.05) is 24.7 Å². The van der Waals surface area contributed by atoms with Crippen molar-refractivity contribution in [2.75, 3.05) is 18.4 Å². The van der Waals surface area contributed by atoms with Gasteiger partial charge in [0.25, 0.3) is 0 Å². The summed E-state index contributed by atoms with van der Waals surface area (Å²) in [7, 11) is 0. The third-order valence-electron chi connectivity index (χ3n) is 4.56. The Hall–Kier alpha value is -2.58. The molecular weight excluding hydrogens is 380 g/mol. The molecule has 1 aliphatic rings. The summed E-state index contributed by atoms with van der Waals surface area (Å²) in [6.07, 6.45) is 3.10. The summed E-state index contributed by atoms with van der Waals surface area (Å²) >= 11 is 4.62. The van der Waals surface area contributed by atoms with Gasteiger partial charge in [-0.3, -0.25) is 10.3 Å². The minimum atomic E-state index is -0.656. The van der Waals surface area contributed by atoms with Crippen LogP contribution in [0, 0.1) is 11.6 Å². The summed E-state index contributed by atoms with van der Waals surface area (Å²) in [5.74, 6) is -1.31. The molecule has 3 rings (SSSR count). The van der Waals surface area contributed by atoms with E-state index in [2.05, 4.69) is 45.1 Å². The fourth-order valence-electron chi connectivity index (χ4n) is 3.34. The number of thiocarbonyl (C=S) groups is 1. The smallest absolute Gasteiger partial charge is 0.184 e. The van der Waals surface area contributed by atoms with Crippen molar-refractivity contribution >= 4 is 29.2 Å². The molecule has 148 valence electrons. The fraction of sp³-hybridized carbons (Fsp3) is 0.300. The zero-order valence-corrected chi connectivity index (χ0v) is 16.2. The van der Waals surface area contributed by atoms with Crippen LogP contribution in [0.1, 0.15) is 24.0 Å². The SMILES string of the molecule is NC(=S)N/N=C/c1cc(F)c(N[C@H]2CCCN(Cc3ccccc3)C2)c(F)c1. The zero-order chi connectivity index (χ0) is 19.9. The fourth-order valence-corrected chi connectivity index (χ4v) is 3.39. The van der Waals surface area contributed by atoms with Crippen LogP contribution in [0.5, 0.6) is 0 Å². The Bertz CT molecular complexity index is 821. The maximum atomic E-state index is 14.4. The average Bonchev–Trinajstić information content (AvgIpc) is 2.66. The van der Waals surface area contributed by atoms with E-state index in [0.717, 1.165) is 32.5 Å². The highest BCUT2D eigenvalue weighted by atomic mass is 32.1. The van der Waals surface area contributed by atoms with Gasteiger partial charge in [0.2, 0.25) is 0 Å². The largest absolute Gasteiger partial charge is 0.376 e. The molecule has 2 aromatic rings. The van der Waals surface area contributed by atoms with Crippen LogP contribution < -0.4 is 16.5 Å². The summed E-state index contributed by atoms with van der Waals surface area (Å²) < 4.78 is 28.9. The van der Waals surface area contributed by atoms with Gasteiger partial charge in [-0.2, -0.15) is 5.10 Å². The molecule has 0 unspecified atom stereocenters. The van der Waals surface area contributed by atoms with Crippen LogP contribution >= 0.6 is 12.2 Å². The first-order chi connectivity index (χ1) is 13.5. The molecule has 0 radical (unpaired) electrons. The molecule has 5 nitrogen and oxygen atoms in total. The van der Waals surface area contributed by atoms with Gasteiger partial charge < -0.3 is 11.1 Å². The van der Waals surface area contributed by atoms with Gasteiger partial charge in [0.1, 0.15) is 17.3 Å². The molecule has 1 saturated heterocycles. The minimum absolute atomic E-state index is 0.0164. The second-order valence-electron chi connectivity index (χ2n) is 6.80. The van der Waals surface area contributed by atoms with Crippen LogP contribution in [0.3, 0.4) is 0 Å². The molecular formula is C20H23F2N5S. The number of hydrazone groups is 1. The van der Waals surface area contributed by atoms with Gasteiger partial charge >= 0.3 is 0 Å². The lowest BCUT2D eigenvalue weighted by molar-refractivity contribution is 0.208. The topological polar surface area (TPSA) is 65.7 Å². The van der Waals surface area contributed by atoms with Gasteiger partial charge in [0.05, 0.1) is 6.21 Å². The van der Waals surface area contributed by atoms with E-state index in [9.17, 15) is 8.78 Å². The molecule has 0 amide bonds. The number of anilines is 1. The van der Waals surface area contributed by atoms with Crippen LogP contribution in [0.2, 0.25) is 0 Å². The molecule has 0 spiro atoms. The average molecular weight is 404 g/mol. The van der Waals surface area contributed by atoms with Crippen molar-refractivity contribution < 1.29 is 8.78 Å². The molecule has 1 aliphatic heterocycles. The van der Waals surface area contributed by atoms with Gasteiger partial charge in [0.15, 0.2) is 5.11 Å². The first-order valence-corrected chi connectivity index (χ1v) is 9.52. The number of hydrogen-bond donors (Lipinski definition) is 3. The molecule has 0 aromatic heterocycles. The van der Waals surface area contributed by atoms with E-state index < -0.39 is 11.6 Å². The quantitative estimate of drug-likeness (QED) is 0.393. The van der Waals surface area contributed by atoms with Crippen molar-refractivity contribution in [2.45, 2.75) is 25.4 Å². The Morgan fingerprint density at radius 2 is 1.96 bits per heavy atom. The van der Waals surface area contributed by atoms with Crippen LogP contribution in [-0.4, -0.2) is 35.4 Å². The van der Waals surface area contributed by atoms with Gasteiger partial charge in [-0.15, -0.1) is 0 Å². The summed E-state index contributed by atoms with van der Waals surface area (Å²) in [6.45, 7) is 2.54. The Balaban J connectivity index is 1.64. The molecule has 2 aromatic carbocycles. The molecule has 1 heterocycles. The molecule has 0 saturated carbocycles. The van der Waals surface area contributed by atoms with E-state index in [1.807, 2.05) is 18.2 Å². The molecule has 28 heavy (non-hydrogen) atoms. The van der Waals surface area contributed by atoms with Gasteiger partial charge in [-0.25, -0.2) is 8.78 Å². The number of nitrogens with two attached hydrogens (primary N) is 1. The number of halogens is 2. The number of hydrogen-bond acceptors (Lipinski definition) is 4. The highest BCUT2D eigenvalue weighted by Gasteiger charge is 2.22. The third kappa shape index (κ3) is 5.71. The lowest BCUT2D eigenvalue weighted by atomic mass is 10.0. The van der Waals surface area contributed by atoms with E-state index in [1.165, 1.54) is 23.9 Å². The summed E-state index contributed by atoms with van der Waals surface area (Å²) in [6, 6.07) is 12.6. The van der Waals surface area contributed by atoms with Crippen LogP contribution in [0.15, 0.2) is 47.6 Å². The number of nitrogens with one attached hydrogen (secondary N) is 2. The maximum Gasteiger partial charge on any atom is 0.184 e. The standard InChI is InChI=1S/C20H23F2N5S/c21-17-9-15(11-24-26-20(23)28)10-18(22)19(17)25-16-7-4-8-27(13-16)12-14-5-2-1-3-6-14/h1-3,5-6,9-11,16,25H,4,7-8,12-13H2,(H3,23,26,28)/b24-11+/t16-/m0/s1. The normalized spacial score (nSPS) is 17.6. The number of piperidine rings is 1. The van der Waals surface area contributed by atoms with Crippen molar-refractivity contribution in [3.05, 3.63) is 65.2 Å². The highest BCUT2D eigenvalue weighted by molar-refractivity contribution is 7.80. The van der Waals surface area contributed by atoms with Crippen molar-refractivity contribution in [3.63, 3.8) is 0 Å². The number of rotatable bonds is 6. The van der Waals surface area contributed by atoms with E-state index in [-0.39, 0.29) is 22.4 Å². The Morgan fingerprint density at radius 3 is 2.64 bits per heavy atom. The van der Waals surface area contributed by atoms with E-state index in [0.29, 0.717) is 0 Å². The highest BCUT2D eigenvalue weighted by Crippen LogP contribution is 2.24. The summed E-state index contributed by atoms with van der Waals surface area (Å²) in [4.78, 5) is 2.30. The molecule has 0 aliphatic carbocycles. The molecule has 1 atom stereocenters. The molecule has 4 N–H and O–H groups in total. The van der Waals surface area contributed by atoms with Crippen LogP contribution in [0.4, 0.5) is 14.5 Å². The van der Waals surface area contributed by atoms with Crippen LogP contribution in [-0.2, 0) is 6.54 Å². The first kappa shape index (κ1) is 20.2. The van der Waals surface area contributed by atoms with Crippen LogP contribution in [0.25, 0.3) is 0 Å². The van der Waals surface area contributed by atoms with Crippen molar-refractivity contribution in [1.29, 1.82) is 0 Å². The predicted octanol–water partition coefficient (Wildman–Crippen LogP) is 3.21. The number of likely N-dealkylation sites (tertiary alicyclic amines) is 1. The van der Waals surface area contributed by atoms with E-state index in [1.54, 1.807) is 0 Å². The Morgan fingerprint density at radius 1 is 1.25 bits per heavy atom. The predicted molar refractivity (Wildman–Crippen MR) is 112 cm³/mol. The summed E-state index contributed by atoms with van der Waals surface area (Å²) in [5, 5.41) is 6.74. The van der Waals surface area contributed by atoms with Gasteiger partial charge in [-0.1, -0.05) is 30.3 Å². The second kappa shape index (κ2) is 9.57. The molecule has 8 heteroatoms. The number of benzene rings is 2. The van der Waals surface area contributed by atoms with E-state index in [4.69, 9.17) is 5.73 Å². The van der Waals surface area contributed by atoms with Crippen molar-refractivity contribution in [1.82, 2.24) is 10.3 Å². The molecule has 1 fully saturated rings. The lowest BCUT2D eigenvalue weighted by Gasteiger charge is -2.33. The first-order valence-electron chi connectivity index (χ1n) is 9.11. The Kier molecular flexibility index (Phi) is 6.89. The minimum Gasteiger partial charge on any atom is -0.376 e. The van der Waals surface area contributed by atoms with Gasteiger partial charge in [-0.05, 0) is 49.3 Å². The van der Waals surface area contributed by atoms with E-state index >= 15 is 0 Å². The van der Waals surface area contributed by atoms with Crippen molar-refractivity contribution in [3.8, 4) is 0 Å². The monoisotopic (exact) mass is 403 g/mol. The molecule has 0 bridgehead atoms. The zero-order valence-electron chi connectivity index (χ0n) is 15.4. The van der Waals surface area contributed by atoms with Crippen molar-refractivity contribution in [2.24, 2.45) is 10.8 Å². The lowest BCUT2D eigenvalue weighted by Crippen LogP contribution is -2.41. The summed E-state index contributed by atoms with van der Waals surface area (Å²) in [5.41, 5.74) is 9.00. The second-order valence-corrected chi connectivity index (χ2v) is 7.24. The number of nitrogens with zero attached hydrogens (tertiary/aromatic N) is 2. The maximum absolute atomic E-state index is 14.4.